The van der Waals surface area contributed by atoms with Gasteiger partial charge >= 0.3 is 5.97 Å². The highest BCUT2D eigenvalue weighted by Gasteiger charge is 2.26. The number of carboxylic acids is 1. The lowest BCUT2D eigenvalue weighted by Crippen LogP contribution is -2.32. The van der Waals surface area contributed by atoms with Gasteiger partial charge in [-0.15, -0.1) is 0 Å². The maximum Gasteiger partial charge on any atom is 0.329 e. The van der Waals surface area contributed by atoms with Crippen LogP contribution >= 0.6 is 0 Å². The number of nitrogens with zero attached hydrogens (tertiary/aromatic N) is 2. The predicted molar refractivity (Wildman–Crippen MR) is 138 cm³/mol. The highest BCUT2D eigenvalue weighted by molar-refractivity contribution is 7.91. The fraction of sp³-hybridized carbons (Fsp3) is 0.519. The van der Waals surface area contributed by atoms with Gasteiger partial charge in [0.1, 0.15) is 6.61 Å². The van der Waals surface area contributed by atoms with E-state index in [4.69, 9.17) is 9.84 Å². The molecular weight excluding hydrogens is 494 g/mol. The van der Waals surface area contributed by atoms with Crippen LogP contribution in [0.3, 0.4) is 0 Å². The monoisotopic (exact) mass is 529 g/mol. The molecule has 10 heteroatoms. The van der Waals surface area contributed by atoms with Crippen molar-refractivity contribution in [2.24, 2.45) is 5.92 Å². The van der Waals surface area contributed by atoms with E-state index in [2.05, 4.69) is 15.2 Å². The molecule has 0 unspecified atom stereocenters. The zero-order valence-corrected chi connectivity index (χ0v) is 22.0. The number of aliphatic carboxylic acids is 1. The van der Waals surface area contributed by atoms with Crippen LogP contribution in [0.1, 0.15) is 72.2 Å². The van der Waals surface area contributed by atoms with Crippen molar-refractivity contribution in [2.75, 3.05) is 25.5 Å². The van der Waals surface area contributed by atoms with Gasteiger partial charge in [-0.3, -0.25) is 14.7 Å². The van der Waals surface area contributed by atoms with Gasteiger partial charge in [-0.05, 0) is 48.1 Å². The second kappa shape index (κ2) is 12.1. The number of pyridine rings is 1. The van der Waals surface area contributed by atoms with Gasteiger partial charge in [0, 0.05) is 25.8 Å². The molecular formula is C27H35N3O6S. The van der Waals surface area contributed by atoms with Crippen LogP contribution in [0.15, 0.2) is 41.4 Å². The quantitative estimate of drug-likeness (QED) is 0.454. The zero-order valence-electron chi connectivity index (χ0n) is 21.2. The van der Waals surface area contributed by atoms with E-state index in [1.807, 2.05) is 6.07 Å². The number of carbonyl (C=O) groups excluding carboxylic acids is 1. The van der Waals surface area contributed by atoms with Crippen molar-refractivity contribution < 1.29 is 27.9 Å². The summed E-state index contributed by atoms with van der Waals surface area (Å²) in [6, 6.07) is 7.42. The van der Waals surface area contributed by atoms with E-state index in [1.54, 1.807) is 25.3 Å². The number of rotatable bonds is 11. The summed E-state index contributed by atoms with van der Waals surface area (Å²) in [5.74, 6) is -0.751. The summed E-state index contributed by atoms with van der Waals surface area (Å²) < 4.78 is 29.6. The molecule has 1 atom stereocenters. The van der Waals surface area contributed by atoms with Crippen molar-refractivity contribution in [3.8, 4) is 0 Å². The molecule has 37 heavy (non-hydrogen) atoms. The fourth-order valence-corrected chi connectivity index (χ4v) is 6.00. The van der Waals surface area contributed by atoms with E-state index in [1.165, 1.54) is 44.2 Å². The molecule has 2 aliphatic rings. The maximum absolute atomic E-state index is 13.2. The molecule has 2 N–H and O–H groups in total. The number of benzene rings is 1. The van der Waals surface area contributed by atoms with Gasteiger partial charge in [0.2, 0.25) is 0 Å². The first-order chi connectivity index (χ1) is 17.7. The lowest BCUT2D eigenvalue weighted by atomic mass is 9.89. The molecule has 0 spiro atoms. The van der Waals surface area contributed by atoms with Crippen LogP contribution in [0.2, 0.25) is 0 Å². The van der Waals surface area contributed by atoms with E-state index >= 15 is 0 Å². The number of carbonyl (C=O) groups is 2. The molecule has 1 aliphatic carbocycles. The summed E-state index contributed by atoms with van der Waals surface area (Å²) in [5, 5.41) is 11.8. The number of fused-ring (bicyclic) bond motifs is 1. The standard InChI is InChI=1S/C27H35N3O6S/c1-2-37(34,35)23-10-8-20(9-11-23)25(17-36-18-26(31)32)29-27(33)21-12-22-15-30(16-24(22)28-13-21)14-19-6-4-3-5-7-19/h8-13,19,25H,2-7,14-18H2,1H3,(H,29,33)(H,31,32)/t25-/m0/s1. The molecule has 0 saturated heterocycles. The van der Waals surface area contributed by atoms with E-state index < -0.39 is 28.5 Å². The van der Waals surface area contributed by atoms with Gasteiger partial charge in [0.15, 0.2) is 9.84 Å². The summed E-state index contributed by atoms with van der Waals surface area (Å²) in [4.78, 5) is 31.2. The van der Waals surface area contributed by atoms with E-state index in [9.17, 15) is 18.0 Å². The Labute approximate surface area is 218 Å². The van der Waals surface area contributed by atoms with Crippen molar-refractivity contribution in [3.05, 3.63) is 58.9 Å². The first-order valence-corrected chi connectivity index (χ1v) is 14.5. The number of hydrogen-bond donors (Lipinski definition) is 2. The third-order valence-corrected chi connectivity index (χ3v) is 8.92. The Bertz CT molecular complexity index is 1210. The van der Waals surface area contributed by atoms with Crippen molar-refractivity contribution in [1.82, 2.24) is 15.2 Å². The zero-order chi connectivity index (χ0) is 26.4. The summed E-state index contributed by atoms with van der Waals surface area (Å²) >= 11 is 0. The predicted octanol–water partition coefficient (Wildman–Crippen LogP) is 3.34. The molecule has 1 aromatic heterocycles. The van der Waals surface area contributed by atoms with Crippen molar-refractivity contribution >= 4 is 21.7 Å². The summed E-state index contributed by atoms with van der Waals surface area (Å²) in [5.41, 5.74) is 3.09. The molecule has 1 saturated carbocycles. The Morgan fingerprint density at radius 3 is 2.57 bits per heavy atom. The second-order valence-corrected chi connectivity index (χ2v) is 12.2. The van der Waals surface area contributed by atoms with Crippen LogP contribution in [0, 0.1) is 5.92 Å². The number of sulfone groups is 1. The Morgan fingerprint density at radius 1 is 1.16 bits per heavy atom. The number of amides is 1. The maximum atomic E-state index is 13.2. The summed E-state index contributed by atoms with van der Waals surface area (Å²) in [7, 11) is -3.36. The molecule has 1 fully saturated rings. The van der Waals surface area contributed by atoms with Gasteiger partial charge < -0.3 is 15.2 Å². The number of carboxylic acid groups (broad SMARTS) is 1. The second-order valence-electron chi connectivity index (χ2n) is 9.91. The Morgan fingerprint density at radius 2 is 1.89 bits per heavy atom. The first-order valence-electron chi connectivity index (χ1n) is 12.9. The number of ether oxygens (including phenoxy) is 1. The number of nitrogens with one attached hydrogen (secondary N) is 1. The van der Waals surface area contributed by atoms with Gasteiger partial charge in [-0.25, -0.2) is 13.2 Å². The highest BCUT2D eigenvalue weighted by atomic mass is 32.2. The van der Waals surface area contributed by atoms with Crippen molar-refractivity contribution in [1.29, 1.82) is 0 Å². The molecule has 200 valence electrons. The molecule has 9 nitrogen and oxygen atoms in total. The average molecular weight is 530 g/mol. The van der Waals surface area contributed by atoms with Crippen LogP contribution in [-0.4, -0.2) is 60.8 Å². The largest absolute Gasteiger partial charge is 0.480 e. The van der Waals surface area contributed by atoms with Crippen molar-refractivity contribution in [3.63, 3.8) is 0 Å². The van der Waals surface area contributed by atoms with E-state index in [0.717, 1.165) is 36.8 Å². The lowest BCUT2D eigenvalue weighted by Gasteiger charge is -2.26. The molecule has 0 bridgehead atoms. The molecule has 0 radical (unpaired) electrons. The fourth-order valence-electron chi connectivity index (χ4n) is 5.12. The van der Waals surface area contributed by atoms with Crippen LogP contribution in [0.4, 0.5) is 0 Å². The molecule has 4 rings (SSSR count). The van der Waals surface area contributed by atoms with E-state index in [-0.39, 0.29) is 23.2 Å². The Balaban J connectivity index is 1.44. The minimum Gasteiger partial charge on any atom is -0.480 e. The number of aromatic nitrogens is 1. The van der Waals surface area contributed by atoms with Crippen molar-refractivity contribution in [2.45, 2.75) is 63.1 Å². The van der Waals surface area contributed by atoms with Gasteiger partial charge in [0.25, 0.3) is 5.91 Å². The molecule has 2 aromatic rings. The van der Waals surface area contributed by atoms with Crippen LogP contribution in [-0.2, 0) is 32.5 Å². The minimum absolute atomic E-state index is 0.0162. The minimum atomic E-state index is -3.36. The first kappa shape index (κ1) is 27.2. The summed E-state index contributed by atoms with van der Waals surface area (Å²) in [6.07, 6.45) is 8.09. The summed E-state index contributed by atoms with van der Waals surface area (Å²) in [6.45, 7) is 3.62. The highest BCUT2D eigenvalue weighted by Crippen LogP contribution is 2.29. The van der Waals surface area contributed by atoms with Crippen LogP contribution < -0.4 is 5.32 Å². The molecule has 1 amide bonds. The third kappa shape index (κ3) is 7.15. The molecule has 1 aliphatic heterocycles. The Kier molecular flexibility index (Phi) is 8.94. The molecule has 2 heterocycles. The topological polar surface area (TPSA) is 126 Å². The van der Waals surface area contributed by atoms with Crippen LogP contribution in [0.25, 0.3) is 0 Å². The third-order valence-electron chi connectivity index (χ3n) is 7.17. The normalized spacial score (nSPS) is 17.3. The SMILES string of the molecule is CCS(=O)(=O)c1ccc([C@H](COCC(=O)O)NC(=O)c2cnc3c(c2)CN(CC2CCCCC2)C3)cc1. The number of hydrogen-bond acceptors (Lipinski definition) is 7. The Hall–Kier alpha value is -2.82. The smallest absolute Gasteiger partial charge is 0.329 e. The van der Waals surface area contributed by atoms with Gasteiger partial charge in [-0.2, -0.15) is 0 Å². The average Bonchev–Trinajstić information content (AvgIpc) is 3.30. The van der Waals surface area contributed by atoms with Gasteiger partial charge in [-0.1, -0.05) is 38.3 Å². The van der Waals surface area contributed by atoms with Gasteiger partial charge in [0.05, 0.1) is 34.6 Å². The molecule has 1 aromatic carbocycles. The lowest BCUT2D eigenvalue weighted by molar-refractivity contribution is -0.142. The van der Waals surface area contributed by atoms with Crippen LogP contribution in [0.5, 0.6) is 0 Å². The van der Waals surface area contributed by atoms with E-state index in [0.29, 0.717) is 11.1 Å².